The summed E-state index contributed by atoms with van der Waals surface area (Å²) in [5.74, 6) is 0.286. The van der Waals surface area contributed by atoms with Gasteiger partial charge in [0.2, 0.25) is 0 Å². The van der Waals surface area contributed by atoms with E-state index in [1.165, 1.54) is 5.57 Å². The fourth-order valence-corrected chi connectivity index (χ4v) is 2.78. The molecule has 1 aliphatic carbocycles. The predicted octanol–water partition coefficient (Wildman–Crippen LogP) is 1.17. The zero-order valence-corrected chi connectivity index (χ0v) is 12.7. The molecule has 0 spiro atoms. The first-order chi connectivity index (χ1) is 8.93. The van der Waals surface area contributed by atoms with Crippen molar-refractivity contribution in [3.63, 3.8) is 0 Å². The molecule has 2 rings (SSSR count). The van der Waals surface area contributed by atoms with Crippen LogP contribution in [0.1, 0.15) is 33.6 Å². The van der Waals surface area contributed by atoms with Crippen LogP contribution in [0.2, 0.25) is 0 Å². The van der Waals surface area contributed by atoms with E-state index in [0.29, 0.717) is 6.42 Å². The van der Waals surface area contributed by atoms with Crippen LogP contribution in [-0.2, 0) is 4.79 Å². The molecule has 0 aromatic rings. The quantitative estimate of drug-likeness (QED) is 0.788. The number of ketones is 1. The van der Waals surface area contributed by atoms with Gasteiger partial charge in [-0.25, -0.2) is 0 Å². The third kappa shape index (κ3) is 6.85. The molecule has 0 bridgehead atoms. The van der Waals surface area contributed by atoms with Crippen molar-refractivity contribution in [2.75, 3.05) is 39.3 Å². The van der Waals surface area contributed by atoms with Crippen molar-refractivity contribution in [2.24, 2.45) is 11.1 Å². The fraction of sp³-hybridized carbons (Fsp3) is 0.800. The second kappa shape index (κ2) is 7.78. The molecular weight excluding hydrogens is 238 g/mol. The number of rotatable bonds is 2. The molecule has 0 unspecified atom stereocenters. The van der Waals surface area contributed by atoms with E-state index in [1.807, 2.05) is 6.92 Å². The minimum atomic E-state index is 0.204. The van der Waals surface area contributed by atoms with Gasteiger partial charge in [-0.2, -0.15) is 0 Å². The molecule has 0 saturated carbocycles. The van der Waals surface area contributed by atoms with Gasteiger partial charge in [0, 0.05) is 45.7 Å². The van der Waals surface area contributed by atoms with Gasteiger partial charge in [-0.1, -0.05) is 19.4 Å². The van der Waals surface area contributed by atoms with Crippen molar-refractivity contribution < 1.29 is 4.79 Å². The molecule has 1 fully saturated rings. The maximum Gasteiger partial charge on any atom is 0.156 e. The largest absolute Gasteiger partial charge is 0.329 e. The highest BCUT2D eigenvalue weighted by Crippen LogP contribution is 2.32. The van der Waals surface area contributed by atoms with E-state index >= 15 is 0 Å². The van der Waals surface area contributed by atoms with Crippen LogP contribution in [0, 0.1) is 5.41 Å². The first kappa shape index (κ1) is 16.3. The normalized spacial score (nSPS) is 23.4. The van der Waals surface area contributed by atoms with Crippen molar-refractivity contribution in [3.8, 4) is 0 Å². The zero-order valence-electron chi connectivity index (χ0n) is 12.7. The van der Waals surface area contributed by atoms with Crippen LogP contribution in [-0.4, -0.2) is 50.0 Å². The number of nitrogens with one attached hydrogen (secondary N) is 1. The van der Waals surface area contributed by atoms with Gasteiger partial charge in [0.15, 0.2) is 5.78 Å². The Kier molecular flexibility index (Phi) is 6.69. The number of hydrogen-bond donors (Lipinski definition) is 2. The van der Waals surface area contributed by atoms with Gasteiger partial charge in [0.05, 0.1) is 0 Å². The van der Waals surface area contributed by atoms with Crippen molar-refractivity contribution >= 4 is 5.78 Å². The van der Waals surface area contributed by atoms with Crippen LogP contribution in [0.15, 0.2) is 11.6 Å². The Labute approximate surface area is 117 Å². The molecular formula is C15H29N3O. The summed E-state index contributed by atoms with van der Waals surface area (Å²) in [4.78, 5) is 13.4. The van der Waals surface area contributed by atoms with Gasteiger partial charge >= 0.3 is 0 Å². The summed E-state index contributed by atoms with van der Waals surface area (Å²) < 4.78 is 0. The standard InChI is InChI=1S/C9H14O.C6H15N3/c1-7-4-8(10)6-9(2,3)5-7;7-1-4-9-5-2-8-3-6-9/h4H,5-6H2,1-3H3;8H,1-7H2. The second-order valence-corrected chi connectivity index (χ2v) is 6.36. The van der Waals surface area contributed by atoms with Crippen molar-refractivity contribution in [2.45, 2.75) is 33.6 Å². The number of carbonyl (C=O) groups excluding carboxylic acids is 1. The maximum atomic E-state index is 11.0. The van der Waals surface area contributed by atoms with E-state index in [-0.39, 0.29) is 11.2 Å². The maximum absolute atomic E-state index is 11.0. The molecule has 1 saturated heterocycles. The molecule has 0 aromatic heterocycles. The zero-order chi connectivity index (χ0) is 14.3. The average Bonchev–Trinajstić information content (AvgIpc) is 2.28. The average molecular weight is 267 g/mol. The lowest BCUT2D eigenvalue weighted by atomic mass is 9.77. The fourth-order valence-electron chi connectivity index (χ4n) is 2.78. The van der Waals surface area contributed by atoms with Crippen LogP contribution in [0.5, 0.6) is 0 Å². The Morgan fingerprint density at radius 2 is 1.95 bits per heavy atom. The highest BCUT2D eigenvalue weighted by atomic mass is 16.1. The summed E-state index contributed by atoms with van der Waals surface area (Å²) in [5.41, 5.74) is 6.82. The lowest BCUT2D eigenvalue weighted by Crippen LogP contribution is -2.45. The van der Waals surface area contributed by atoms with Gasteiger partial charge in [-0.15, -0.1) is 0 Å². The van der Waals surface area contributed by atoms with Crippen LogP contribution >= 0.6 is 0 Å². The second-order valence-electron chi connectivity index (χ2n) is 6.36. The summed E-state index contributed by atoms with van der Waals surface area (Å²) in [6, 6.07) is 0. The van der Waals surface area contributed by atoms with E-state index in [9.17, 15) is 4.79 Å². The smallest absolute Gasteiger partial charge is 0.156 e. The predicted molar refractivity (Wildman–Crippen MR) is 80.1 cm³/mol. The minimum absolute atomic E-state index is 0.204. The summed E-state index contributed by atoms with van der Waals surface area (Å²) >= 11 is 0. The molecule has 3 N–H and O–H groups in total. The summed E-state index contributed by atoms with van der Waals surface area (Å²) in [7, 11) is 0. The first-order valence-electron chi connectivity index (χ1n) is 7.26. The highest BCUT2D eigenvalue weighted by molar-refractivity contribution is 5.91. The number of hydrogen-bond acceptors (Lipinski definition) is 4. The molecule has 19 heavy (non-hydrogen) atoms. The molecule has 0 amide bonds. The molecule has 0 radical (unpaired) electrons. The lowest BCUT2D eigenvalue weighted by Gasteiger charge is -2.27. The van der Waals surface area contributed by atoms with E-state index in [1.54, 1.807) is 6.08 Å². The van der Waals surface area contributed by atoms with E-state index in [0.717, 1.165) is 45.7 Å². The minimum Gasteiger partial charge on any atom is -0.329 e. The highest BCUT2D eigenvalue weighted by Gasteiger charge is 2.25. The Balaban J connectivity index is 0.000000191. The van der Waals surface area contributed by atoms with Crippen LogP contribution in [0.3, 0.4) is 0 Å². The Morgan fingerprint density at radius 1 is 1.32 bits per heavy atom. The van der Waals surface area contributed by atoms with Crippen LogP contribution in [0.25, 0.3) is 0 Å². The Morgan fingerprint density at radius 3 is 2.42 bits per heavy atom. The lowest BCUT2D eigenvalue weighted by molar-refractivity contribution is -0.117. The van der Waals surface area contributed by atoms with E-state index < -0.39 is 0 Å². The van der Waals surface area contributed by atoms with Crippen molar-refractivity contribution in [1.29, 1.82) is 0 Å². The van der Waals surface area contributed by atoms with Crippen molar-refractivity contribution in [3.05, 3.63) is 11.6 Å². The third-order valence-electron chi connectivity index (χ3n) is 3.47. The summed E-state index contributed by atoms with van der Waals surface area (Å²) in [6.45, 7) is 12.7. The Hall–Kier alpha value is -0.710. The number of piperazine rings is 1. The van der Waals surface area contributed by atoms with E-state index in [2.05, 4.69) is 24.1 Å². The molecule has 0 atom stereocenters. The Bertz CT molecular complexity index is 315. The molecule has 0 aromatic carbocycles. The monoisotopic (exact) mass is 267 g/mol. The molecule has 2 aliphatic rings. The number of nitrogens with zero attached hydrogens (tertiary/aromatic N) is 1. The SMILES string of the molecule is CC1=CC(=O)CC(C)(C)C1.NCCN1CCNCC1. The summed E-state index contributed by atoms with van der Waals surface area (Å²) in [6.07, 6.45) is 3.55. The topological polar surface area (TPSA) is 58.4 Å². The number of nitrogens with two attached hydrogens (primary N) is 1. The molecule has 110 valence electrons. The van der Waals surface area contributed by atoms with Gasteiger partial charge < -0.3 is 11.1 Å². The first-order valence-corrected chi connectivity index (χ1v) is 7.26. The van der Waals surface area contributed by atoms with Gasteiger partial charge in [-0.3, -0.25) is 9.69 Å². The third-order valence-corrected chi connectivity index (χ3v) is 3.47. The molecule has 4 heteroatoms. The number of carbonyl (C=O) groups is 1. The molecule has 4 nitrogen and oxygen atoms in total. The summed E-state index contributed by atoms with van der Waals surface area (Å²) in [5, 5.41) is 3.29. The van der Waals surface area contributed by atoms with Gasteiger partial charge in [0.1, 0.15) is 0 Å². The van der Waals surface area contributed by atoms with E-state index in [4.69, 9.17) is 5.73 Å². The number of allylic oxidation sites excluding steroid dienone is 2. The van der Waals surface area contributed by atoms with Crippen LogP contribution < -0.4 is 11.1 Å². The molecule has 1 aliphatic heterocycles. The van der Waals surface area contributed by atoms with Crippen molar-refractivity contribution in [1.82, 2.24) is 10.2 Å². The van der Waals surface area contributed by atoms with Gasteiger partial charge in [0.25, 0.3) is 0 Å². The van der Waals surface area contributed by atoms with Gasteiger partial charge in [-0.05, 0) is 24.8 Å². The molecule has 1 heterocycles. The van der Waals surface area contributed by atoms with Crippen LogP contribution in [0.4, 0.5) is 0 Å².